The maximum absolute atomic E-state index is 11.5. The first-order valence-corrected chi connectivity index (χ1v) is 9.79. The Morgan fingerprint density at radius 2 is 2.33 bits per heavy atom. The van der Waals surface area contributed by atoms with Gasteiger partial charge in [-0.15, -0.1) is 11.3 Å². The minimum Gasteiger partial charge on any atom is -0.476 e. The van der Waals surface area contributed by atoms with Crippen molar-refractivity contribution in [2.24, 2.45) is 0 Å². The summed E-state index contributed by atoms with van der Waals surface area (Å²) >= 11 is 1.55. The first-order chi connectivity index (χ1) is 13.2. The number of hydrogen-bond acceptors (Lipinski definition) is 7. The zero-order valence-electron chi connectivity index (χ0n) is 14.9. The van der Waals surface area contributed by atoms with Gasteiger partial charge in [-0.25, -0.2) is 9.78 Å². The first-order valence-electron chi connectivity index (χ1n) is 8.91. The predicted octanol–water partition coefficient (Wildman–Crippen LogP) is 2.16. The molecule has 0 radical (unpaired) electrons. The van der Waals surface area contributed by atoms with E-state index in [1.807, 2.05) is 17.0 Å². The van der Waals surface area contributed by atoms with Crippen molar-refractivity contribution < 1.29 is 9.90 Å². The van der Waals surface area contributed by atoms with Gasteiger partial charge in [-0.1, -0.05) is 0 Å². The van der Waals surface area contributed by atoms with Crippen molar-refractivity contribution in [1.29, 1.82) is 0 Å². The predicted molar refractivity (Wildman–Crippen MR) is 101 cm³/mol. The molecule has 9 heteroatoms. The lowest BCUT2D eigenvalue weighted by molar-refractivity contribution is 0.0688. The normalized spacial score (nSPS) is 16.3. The van der Waals surface area contributed by atoms with E-state index >= 15 is 0 Å². The molecule has 0 amide bonds. The second kappa shape index (κ2) is 7.53. The molecule has 8 nitrogen and oxygen atoms in total. The molecule has 0 fully saturated rings. The Morgan fingerprint density at radius 1 is 1.44 bits per heavy atom. The molecule has 0 aromatic carbocycles. The van der Waals surface area contributed by atoms with Gasteiger partial charge < -0.3 is 10.4 Å². The molecule has 4 rings (SSSR count). The van der Waals surface area contributed by atoms with Gasteiger partial charge in [0.2, 0.25) is 0 Å². The molecule has 0 saturated carbocycles. The van der Waals surface area contributed by atoms with Gasteiger partial charge in [-0.05, 0) is 26.2 Å². The van der Waals surface area contributed by atoms with Gasteiger partial charge in [0.05, 0.1) is 11.9 Å². The summed E-state index contributed by atoms with van der Waals surface area (Å²) in [6, 6.07) is 0.215. The minimum absolute atomic E-state index is 0.192. The van der Waals surface area contributed by atoms with E-state index in [0.717, 1.165) is 40.5 Å². The van der Waals surface area contributed by atoms with Crippen molar-refractivity contribution in [3.05, 3.63) is 46.6 Å². The van der Waals surface area contributed by atoms with Gasteiger partial charge >= 0.3 is 5.97 Å². The van der Waals surface area contributed by atoms with Crippen LogP contribution in [-0.4, -0.2) is 41.9 Å². The van der Waals surface area contributed by atoms with Crippen LogP contribution in [-0.2, 0) is 25.9 Å². The van der Waals surface area contributed by atoms with Crippen LogP contribution in [0, 0.1) is 0 Å². The minimum atomic E-state index is -0.952. The van der Waals surface area contributed by atoms with Gasteiger partial charge in [0.1, 0.15) is 10.7 Å². The fourth-order valence-electron chi connectivity index (χ4n) is 3.46. The first kappa shape index (κ1) is 17.7. The van der Waals surface area contributed by atoms with Crippen molar-refractivity contribution in [3.63, 3.8) is 0 Å². The highest BCUT2D eigenvalue weighted by atomic mass is 32.1. The summed E-state index contributed by atoms with van der Waals surface area (Å²) in [7, 11) is 0. The maximum Gasteiger partial charge on any atom is 0.356 e. The van der Waals surface area contributed by atoms with E-state index in [2.05, 4.69) is 25.4 Å². The number of carbonyl (C=O) groups is 1. The molecular weight excluding hydrogens is 364 g/mol. The summed E-state index contributed by atoms with van der Waals surface area (Å²) in [6.45, 7) is 3.32. The number of rotatable bonds is 6. The molecule has 3 heterocycles. The Balaban J connectivity index is 1.43. The number of nitrogens with one attached hydrogen (secondary N) is 1. The molecule has 3 aromatic heterocycles. The number of aryl methyl sites for hydroxylation is 1. The van der Waals surface area contributed by atoms with Crippen LogP contribution in [0.4, 0.5) is 0 Å². The lowest BCUT2D eigenvalue weighted by Crippen LogP contribution is -2.34. The smallest absolute Gasteiger partial charge is 0.356 e. The fourth-order valence-corrected chi connectivity index (χ4v) is 4.24. The van der Waals surface area contributed by atoms with Gasteiger partial charge in [-0.2, -0.15) is 5.10 Å². The standard InChI is InChI=1S/C18H20N6O2S/c1-2-24-15-4-3-11(7-13(15)16(23-24)18(25)26)21-8-12-10-27-17(22-12)14-9-19-5-6-20-14/h5-6,9-11,21H,2-4,7-8H2,1H3,(H,25,26). The third kappa shape index (κ3) is 3.60. The van der Waals surface area contributed by atoms with Crippen LogP contribution in [0.15, 0.2) is 24.0 Å². The van der Waals surface area contributed by atoms with Crippen LogP contribution in [0.25, 0.3) is 10.7 Å². The molecule has 0 saturated heterocycles. The quantitative estimate of drug-likeness (QED) is 0.671. The topological polar surface area (TPSA) is 106 Å². The summed E-state index contributed by atoms with van der Waals surface area (Å²) in [5.74, 6) is -0.952. The highest BCUT2D eigenvalue weighted by molar-refractivity contribution is 7.13. The summed E-state index contributed by atoms with van der Waals surface area (Å²) in [6.07, 6.45) is 7.48. The number of aromatic nitrogens is 5. The van der Waals surface area contributed by atoms with Gasteiger partial charge in [-0.3, -0.25) is 14.6 Å². The number of nitrogens with zero attached hydrogens (tertiary/aromatic N) is 5. The van der Waals surface area contributed by atoms with E-state index < -0.39 is 5.97 Å². The Labute approximate surface area is 160 Å². The molecule has 1 atom stereocenters. The number of carboxylic acids is 1. The molecule has 0 bridgehead atoms. The zero-order chi connectivity index (χ0) is 18.8. The number of aromatic carboxylic acids is 1. The highest BCUT2D eigenvalue weighted by Gasteiger charge is 2.28. The summed E-state index contributed by atoms with van der Waals surface area (Å²) < 4.78 is 1.82. The van der Waals surface area contributed by atoms with Crippen molar-refractivity contribution in [2.75, 3.05) is 0 Å². The zero-order valence-corrected chi connectivity index (χ0v) is 15.7. The van der Waals surface area contributed by atoms with Crippen LogP contribution < -0.4 is 5.32 Å². The van der Waals surface area contributed by atoms with Crippen LogP contribution in [0.3, 0.4) is 0 Å². The van der Waals surface area contributed by atoms with E-state index in [9.17, 15) is 9.90 Å². The van der Waals surface area contributed by atoms with Crippen molar-refractivity contribution in [3.8, 4) is 10.7 Å². The number of hydrogen-bond donors (Lipinski definition) is 2. The number of fused-ring (bicyclic) bond motifs is 1. The summed E-state index contributed by atoms with van der Waals surface area (Å²) in [5.41, 5.74) is 3.85. The van der Waals surface area contributed by atoms with E-state index in [1.54, 1.807) is 29.9 Å². The average Bonchev–Trinajstić information content (AvgIpc) is 3.31. The molecule has 140 valence electrons. The Morgan fingerprint density at radius 3 is 3.07 bits per heavy atom. The second-order valence-electron chi connectivity index (χ2n) is 6.45. The molecule has 1 aliphatic carbocycles. The monoisotopic (exact) mass is 384 g/mol. The van der Waals surface area contributed by atoms with Crippen LogP contribution in [0.1, 0.15) is 40.8 Å². The van der Waals surface area contributed by atoms with E-state index in [0.29, 0.717) is 19.5 Å². The Kier molecular flexibility index (Phi) is 4.95. The molecule has 2 N–H and O–H groups in total. The molecule has 1 aliphatic rings. The molecule has 1 unspecified atom stereocenters. The van der Waals surface area contributed by atoms with E-state index in [-0.39, 0.29) is 11.7 Å². The SMILES string of the molecule is CCn1nc(C(=O)O)c2c1CCC(NCc1csc(-c3cnccn3)n1)C2. The average molecular weight is 384 g/mol. The van der Waals surface area contributed by atoms with Gasteiger partial charge in [0.25, 0.3) is 0 Å². The number of thiazole rings is 1. The third-order valence-corrected chi connectivity index (χ3v) is 5.67. The molecule has 3 aromatic rings. The second-order valence-corrected chi connectivity index (χ2v) is 7.31. The third-order valence-electron chi connectivity index (χ3n) is 4.75. The Bertz CT molecular complexity index is 952. The summed E-state index contributed by atoms with van der Waals surface area (Å²) in [5, 5.41) is 20.1. The molecule has 0 aliphatic heterocycles. The van der Waals surface area contributed by atoms with Crippen LogP contribution >= 0.6 is 11.3 Å². The van der Waals surface area contributed by atoms with Crippen molar-refractivity contribution in [2.45, 2.75) is 45.3 Å². The number of carboxylic acid groups (broad SMARTS) is 1. The molecule has 27 heavy (non-hydrogen) atoms. The molecular formula is C18H20N6O2S. The van der Waals surface area contributed by atoms with Crippen molar-refractivity contribution in [1.82, 2.24) is 30.0 Å². The van der Waals surface area contributed by atoms with Gasteiger partial charge in [0.15, 0.2) is 5.69 Å². The van der Waals surface area contributed by atoms with Crippen molar-refractivity contribution >= 4 is 17.3 Å². The lowest BCUT2D eigenvalue weighted by Gasteiger charge is -2.24. The van der Waals surface area contributed by atoms with E-state index in [4.69, 9.17) is 0 Å². The van der Waals surface area contributed by atoms with Crippen LogP contribution in [0.2, 0.25) is 0 Å². The van der Waals surface area contributed by atoms with E-state index in [1.165, 1.54) is 0 Å². The largest absolute Gasteiger partial charge is 0.476 e. The van der Waals surface area contributed by atoms with Gasteiger partial charge in [0, 0.05) is 48.2 Å². The Hall–Kier alpha value is -2.65. The lowest BCUT2D eigenvalue weighted by atomic mass is 9.91. The maximum atomic E-state index is 11.5. The van der Waals surface area contributed by atoms with Crippen LogP contribution in [0.5, 0.6) is 0 Å². The summed E-state index contributed by atoms with van der Waals surface area (Å²) in [4.78, 5) is 24.5. The highest BCUT2D eigenvalue weighted by Crippen LogP contribution is 2.26. The molecule has 0 spiro atoms. The fraction of sp³-hybridized carbons (Fsp3) is 0.389.